The van der Waals surface area contributed by atoms with Gasteiger partial charge in [0.2, 0.25) is 5.95 Å². The molecule has 0 unspecified atom stereocenters. The minimum absolute atomic E-state index is 0.00236. The first-order valence-electron chi connectivity index (χ1n) is 10.8. The van der Waals surface area contributed by atoms with Crippen molar-refractivity contribution in [3.8, 4) is 0 Å². The number of amides is 1. The van der Waals surface area contributed by atoms with Gasteiger partial charge in [-0.25, -0.2) is 18.4 Å². The molecule has 172 valence electrons. The lowest BCUT2D eigenvalue weighted by Crippen LogP contribution is -2.45. The van der Waals surface area contributed by atoms with Crippen LogP contribution in [0.3, 0.4) is 0 Å². The zero-order valence-electron chi connectivity index (χ0n) is 18.7. The summed E-state index contributed by atoms with van der Waals surface area (Å²) in [6.45, 7) is 5.17. The molecule has 0 atom stereocenters. The van der Waals surface area contributed by atoms with Crippen LogP contribution in [0.15, 0.2) is 65.8 Å². The SMILES string of the molecule is Cc1cccc(NS(=O)(=O)c2ccc(C)c(C(=O)NC3CCN(c4ncccn4)CC3)c2)c1. The van der Waals surface area contributed by atoms with Gasteiger partial charge in [0.1, 0.15) is 0 Å². The summed E-state index contributed by atoms with van der Waals surface area (Å²) in [7, 11) is -3.82. The van der Waals surface area contributed by atoms with E-state index in [0.717, 1.165) is 37.1 Å². The molecule has 1 fully saturated rings. The molecular formula is C24H27N5O3S. The van der Waals surface area contributed by atoms with E-state index in [1.165, 1.54) is 12.1 Å². The van der Waals surface area contributed by atoms with Gasteiger partial charge >= 0.3 is 0 Å². The predicted molar refractivity (Wildman–Crippen MR) is 128 cm³/mol. The molecule has 0 radical (unpaired) electrons. The standard InChI is InChI=1S/C24H27N5O3S/c1-17-5-3-6-20(15-17)28-33(31,32)21-8-7-18(2)22(16-21)23(30)27-19-9-13-29(14-10-19)24-25-11-4-12-26-24/h3-8,11-12,15-16,19,28H,9-10,13-14H2,1-2H3,(H,27,30). The molecule has 1 aliphatic heterocycles. The highest BCUT2D eigenvalue weighted by Crippen LogP contribution is 2.21. The van der Waals surface area contributed by atoms with Crippen LogP contribution < -0.4 is 14.9 Å². The fraction of sp³-hybridized carbons (Fsp3) is 0.292. The van der Waals surface area contributed by atoms with E-state index < -0.39 is 10.0 Å². The van der Waals surface area contributed by atoms with Crippen LogP contribution in [0, 0.1) is 13.8 Å². The number of rotatable bonds is 6. The maximum atomic E-state index is 13.0. The number of carbonyl (C=O) groups excluding carboxylic acids is 1. The fourth-order valence-corrected chi connectivity index (χ4v) is 4.95. The molecule has 8 nitrogen and oxygen atoms in total. The van der Waals surface area contributed by atoms with Crippen LogP contribution >= 0.6 is 0 Å². The minimum Gasteiger partial charge on any atom is -0.349 e. The third kappa shape index (κ3) is 5.48. The molecule has 1 aromatic heterocycles. The highest BCUT2D eigenvalue weighted by atomic mass is 32.2. The number of hydrogen-bond acceptors (Lipinski definition) is 6. The Labute approximate surface area is 194 Å². The molecule has 2 N–H and O–H groups in total. The molecule has 2 aromatic carbocycles. The zero-order chi connectivity index (χ0) is 23.4. The molecule has 4 rings (SSSR count). The van der Waals surface area contributed by atoms with E-state index in [4.69, 9.17) is 0 Å². The van der Waals surface area contributed by atoms with Gasteiger partial charge in [0.25, 0.3) is 15.9 Å². The van der Waals surface area contributed by atoms with E-state index in [9.17, 15) is 13.2 Å². The van der Waals surface area contributed by atoms with Crippen LogP contribution in [0.25, 0.3) is 0 Å². The van der Waals surface area contributed by atoms with Gasteiger partial charge in [0, 0.05) is 42.8 Å². The Bertz CT molecular complexity index is 1240. The number of nitrogens with zero attached hydrogens (tertiary/aromatic N) is 3. The summed E-state index contributed by atoms with van der Waals surface area (Å²) in [5, 5.41) is 3.06. The van der Waals surface area contributed by atoms with Gasteiger partial charge in [-0.05, 0) is 68.1 Å². The summed E-state index contributed by atoms with van der Waals surface area (Å²) < 4.78 is 28.4. The van der Waals surface area contributed by atoms with Gasteiger partial charge in [-0.1, -0.05) is 18.2 Å². The molecule has 0 spiro atoms. The van der Waals surface area contributed by atoms with Crippen molar-refractivity contribution in [1.29, 1.82) is 0 Å². The third-order valence-electron chi connectivity index (χ3n) is 5.70. The lowest BCUT2D eigenvalue weighted by molar-refractivity contribution is 0.0930. The van der Waals surface area contributed by atoms with Crippen molar-refractivity contribution in [3.05, 3.63) is 77.6 Å². The maximum Gasteiger partial charge on any atom is 0.261 e. The quantitative estimate of drug-likeness (QED) is 0.579. The lowest BCUT2D eigenvalue weighted by atomic mass is 10.0. The van der Waals surface area contributed by atoms with Crippen LogP contribution in [0.1, 0.15) is 34.3 Å². The van der Waals surface area contributed by atoms with E-state index in [1.54, 1.807) is 49.6 Å². The molecule has 1 amide bonds. The van der Waals surface area contributed by atoms with E-state index in [-0.39, 0.29) is 16.8 Å². The van der Waals surface area contributed by atoms with Crippen LogP contribution in [0.5, 0.6) is 0 Å². The Morgan fingerprint density at radius 2 is 1.73 bits per heavy atom. The molecular weight excluding hydrogens is 438 g/mol. The Hall–Kier alpha value is -3.46. The molecule has 1 aliphatic rings. The Morgan fingerprint density at radius 3 is 2.42 bits per heavy atom. The summed E-state index contributed by atoms with van der Waals surface area (Å²) in [5.41, 5.74) is 2.51. The maximum absolute atomic E-state index is 13.0. The smallest absolute Gasteiger partial charge is 0.261 e. The van der Waals surface area contributed by atoms with Crippen molar-refractivity contribution in [3.63, 3.8) is 0 Å². The van der Waals surface area contributed by atoms with Gasteiger partial charge in [-0.3, -0.25) is 9.52 Å². The summed E-state index contributed by atoms with van der Waals surface area (Å²) in [6.07, 6.45) is 4.95. The van der Waals surface area contributed by atoms with Gasteiger partial charge in [0.15, 0.2) is 0 Å². The second-order valence-electron chi connectivity index (χ2n) is 8.24. The molecule has 1 saturated heterocycles. The Kier molecular flexibility index (Phi) is 6.60. The predicted octanol–water partition coefficient (Wildman–Crippen LogP) is 3.29. The number of anilines is 2. The number of benzene rings is 2. The van der Waals surface area contributed by atoms with Crippen molar-refractivity contribution < 1.29 is 13.2 Å². The minimum atomic E-state index is -3.82. The molecule has 33 heavy (non-hydrogen) atoms. The van der Waals surface area contributed by atoms with E-state index in [1.807, 2.05) is 13.0 Å². The number of hydrogen-bond donors (Lipinski definition) is 2. The molecule has 0 aliphatic carbocycles. The van der Waals surface area contributed by atoms with Crippen molar-refractivity contribution >= 4 is 27.6 Å². The summed E-state index contributed by atoms with van der Waals surface area (Å²) in [5.74, 6) is 0.423. The first-order valence-corrected chi connectivity index (χ1v) is 12.3. The van der Waals surface area contributed by atoms with Gasteiger partial charge in [0.05, 0.1) is 4.90 Å². The molecule has 2 heterocycles. The van der Waals surface area contributed by atoms with Crippen LogP contribution in [0.4, 0.5) is 11.6 Å². The lowest BCUT2D eigenvalue weighted by Gasteiger charge is -2.32. The first kappa shape index (κ1) is 22.7. The largest absolute Gasteiger partial charge is 0.349 e. The third-order valence-corrected chi connectivity index (χ3v) is 7.08. The van der Waals surface area contributed by atoms with E-state index in [0.29, 0.717) is 17.2 Å². The molecule has 3 aromatic rings. The summed E-state index contributed by atoms with van der Waals surface area (Å²) >= 11 is 0. The second-order valence-corrected chi connectivity index (χ2v) is 9.92. The summed E-state index contributed by atoms with van der Waals surface area (Å²) in [4.78, 5) is 23.7. The van der Waals surface area contributed by atoms with E-state index in [2.05, 4.69) is 24.9 Å². The number of nitrogens with one attached hydrogen (secondary N) is 2. The monoisotopic (exact) mass is 465 g/mol. The zero-order valence-corrected chi connectivity index (χ0v) is 19.5. The number of aryl methyl sites for hydroxylation is 2. The number of aromatic nitrogens is 2. The van der Waals surface area contributed by atoms with Crippen LogP contribution in [-0.2, 0) is 10.0 Å². The Balaban J connectivity index is 1.43. The highest BCUT2D eigenvalue weighted by molar-refractivity contribution is 7.92. The second kappa shape index (κ2) is 9.58. The van der Waals surface area contributed by atoms with Crippen molar-refractivity contribution in [1.82, 2.24) is 15.3 Å². The Morgan fingerprint density at radius 1 is 1.00 bits per heavy atom. The first-order chi connectivity index (χ1) is 15.8. The van der Waals surface area contributed by atoms with Crippen molar-refractivity contribution in [2.75, 3.05) is 22.7 Å². The van der Waals surface area contributed by atoms with Gasteiger partial charge in [-0.15, -0.1) is 0 Å². The van der Waals surface area contributed by atoms with Crippen molar-refractivity contribution in [2.45, 2.75) is 37.6 Å². The normalized spacial score (nSPS) is 14.7. The number of sulfonamides is 1. The van der Waals surface area contributed by atoms with Gasteiger partial charge < -0.3 is 10.2 Å². The number of carbonyl (C=O) groups is 1. The topological polar surface area (TPSA) is 104 Å². The number of piperidine rings is 1. The molecule has 0 bridgehead atoms. The van der Waals surface area contributed by atoms with Crippen LogP contribution in [0.2, 0.25) is 0 Å². The van der Waals surface area contributed by atoms with Crippen LogP contribution in [-0.4, -0.2) is 43.4 Å². The van der Waals surface area contributed by atoms with Gasteiger partial charge in [-0.2, -0.15) is 0 Å². The average molecular weight is 466 g/mol. The van der Waals surface area contributed by atoms with E-state index >= 15 is 0 Å². The average Bonchev–Trinajstić information content (AvgIpc) is 2.80. The molecule has 0 saturated carbocycles. The summed E-state index contributed by atoms with van der Waals surface area (Å²) in [6, 6.07) is 13.5. The fourth-order valence-electron chi connectivity index (χ4n) is 3.88. The van der Waals surface area contributed by atoms with Crippen molar-refractivity contribution in [2.24, 2.45) is 0 Å². The highest BCUT2D eigenvalue weighted by Gasteiger charge is 2.24. The molecule has 9 heteroatoms.